The predicted molar refractivity (Wildman–Crippen MR) is 65.6 cm³/mol. The van der Waals surface area contributed by atoms with Gasteiger partial charge in [-0.15, -0.1) is 0 Å². The zero-order valence-corrected chi connectivity index (χ0v) is 9.53. The lowest BCUT2D eigenvalue weighted by molar-refractivity contribution is 0.415. The average Bonchev–Trinajstić information content (AvgIpc) is 2.29. The normalized spacial score (nSPS) is 10.1. The highest BCUT2D eigenvalue weighted by molar-refractivity contribution is 6.32. The summed E-state index contributed by atoms with van der Waals surface area (Å²) in [5.41, 5.74) is 8.33. The van der Waals surface area contributed by atoms with Crippen molar-refractivity contribution in [1.82, 2.24) is 4.98 Å². The Labute approximate surface area is 98.8 Å². The number of nitrogen functional groups attached to an aromatic ring is 1. The van der Waals surface area contributed by atoms with Crippen molar-refractivity contribution in [3.8, 4) is 16.9 Å². The fraction of sp³-hybridized carbons (Fsp3) is 0.0833. The summed E-state index contributed by atoms with van der Waals surface area (Å²) < 4.78 is 5.09. The molecule has 16 heavy (non-hydrogen) atoms. The van der Waals surface area contributed by atoms with Crippen molar-refractivity contribution in [3.05, 3.63) is 41.7 Å². The van der Waals surface area contributed by atoms with E-state index in [9.17, 15) is 0 Å². The molecule has 1 heterocycles. The van der Waals surface area contributed by atoms with Crippen LogP contribution in [0.15, 0.2) is 36.7 Å². The van der Waals surface area contributed by atoms with E-state index in [2.05, 4.69) is 4.98 Å². The van der Waals surface area contributed by atoms with Crippen LogP contribution >= 0.6 is 11.6 Å². The second-order valence-corrected chi connectivity index (χ2v) is 3.72. The molecule has 0 aliphatic rings. The summed E-state index contributed by atoms with van der Waals surface area (Å²) in [7, 11) is 1.59. The Morgan fingerprint density at radius 2 is 2.12 bits per heavy atom. The van der Waals surface area contributed by atoms with Crippen LogP contribution in [0.3, 0.4) is 0 Å². The number of anilines is 1. The van der Waals surface area contributed by atoms with Gasteiger partial charge in [0.25, 0.3) is 0 Å². The highest BCUT2D eigenvalue weighted by Crippen LogP contribution is 2.32. The summed E-state index contributed by atoms with van der Waals surface area (Å²) in [5.74, 6) is 0.651. The molecule has 0 aliphatic carbocycles. The minimum Gasteiger partial charge on any atom is -0.495 e. The van der Waals surface area contributed by atoms with Crippen molar-refractivity contribution < 1.29 is 4.74 Å². The quantitative estimate of drug-likeness (QED) is 0.869. The van der Waals surface area contributed by atoms with Crippen LogP contribution in [0.2, 0.25) is 5.02 Å². The molecule has 0 unspecified atom stereocenters. The number of ether oxygens (including phenoxy) is 1. The first-order valence-electron chi connectivity index (χ1n) is 4.76. The maximum atomic E-state index is 6.05. The highest BCUT2D eigenvalue weighted by atomic mass is 35.5. The Hall–Kier alpha value is -1.74. The average molecular weight is 235 g/mol. The third-order valence-electron chi connectivity index (χ3n) is 2.31. The molecule has 0 saturated carbocycles. The van der Waals surface area contributed by atoms with Crippen LogP contribution in [0, 0.1) is 0 Å². The van der Waals surface area contributed by atoms with E-state index in [1.165, 1.54) is 0 Å². The Morgan fingerprint density at radius 3 is 2.75 bits per heavy atom. The van der Waals surface area contributed by atoms with Gasteiger partial charge in [0.05, 0.1) is 24.0 Å². The minimum atomic E-state index is 0.566. The van der Waals surface area contributed by atoms with Crippen molar-refractivity contribution >= 4 is 17.3 Å². The number of pyridine rings is 1. The molecule has 2 aromatic rings. The van der Waals surface area contributed by atoms with Gasteiger partial charge < -0.3 is 10.5 Å². The summed E-state index contributed by atoms with van der Waals surface area (Å²) in [4.78, 5) is 3.94. The molecule has 1 aromatic heterocycles. The van der Waals surface area contributed by atoms with Crippen molar-refractivity contribution in [2.75, 3.05) is 12.8 Å². The third-order valence-corrected chi connectivity index (χ3v) is 2.61. The van der Waals surface area contributed by atoms with E-state index in [-0.39, 0.29) is 0 Å². The number of halogens is 1. The molecule has 0 fully saturated rings. The molecule has 1 aromatic carbocycles. The molecule has 2 N–H and O–H groups in total. The second-order valence-electron chi connectivity index (χ2n) is 3.31. The highest BCUT2D eigenvalue weighted by Gasteiger charge is 2.05. The summed E-state index contributed by atoms with van der Waals surface area (Å²) in [6, 6.07) is 7.41. The molecule has 0 aliphatic heterocycles. The van der Waals surface area contributed by atoms with Gasteiger partial charge in [-0.25, -0.2) is 0 Å². The molecule has 82 valence electrons. The Bertz CT molecular complexity index is 514. The monoisotopic (exact) mass is 234 g/mol. The number of aromatic nitrogens is 1. The molecule has 0 amide bonds. The van der Waals surface area contributed by atoms with E-state index in [1.54, 1.807) is 19.5 Å². The smallest absolute Gasteiger partial charge is 0.137 e. The van der Waals surface area contributed by atoms with Crippen LogP contribution < -0.4 is 10.5 Å². The van der Waals surface area contributed by atoms with E-state index in [0.717, 1.165) is 11.1 Å². The van der Waals surface area contributed by atoms with E-state index in [4.69, 9.17) is 22.1 Å². The van der Waals surface area contributed by atoms with Crippen LogP contribution in [-0.2, 0) is 0 Å². The molecule has 4 heteroatoms. The fourth-order valence-corrected chi connectivity index (χ4v) is 1.76. The Balaban J connectivity index is 2.50. The first kappa shape index (κ1) is 10.8. The number of benzene rings is 1. The second kappa shape index (κ2) is 4.41. The Morgan fingerprint density at radius 1 is 1.31 bits per heavy atom. The van der Waals surface area contributed by atoms with Gasteiger partial charge in [0.1, 0.15) is 5.75 Å². The number of hydrogen-bond donors (Lipinski definition) is 1. The van der Waals surface area contributed by atoms with Crippen LogP contribution in [0.5, 0.6) is 5.75 Å². The van der Waals surface area contributed by atoms with Crippen LogP contribution in [0.25, 0.3) is 11.1 Å². The minimum absolute atomic E-state index is 0.566. The van der Waals surface area contributed by atoms with Gasteiger partial charge in [-0.1, -0.05) is 17.7 Å². The third kappa shape index (κ3) is 1.95. The lowest BCUT2D eigenvalue weighted by atomic mass is 10.1. The first-order valence-corrected chi connectivity index (χ1v) is 5.13. The zero-order valence-electron chi connectivity index (χ0n) is 8.77. The molecule has 0 atom stereocenters. The van der Waals surface area contributed by atoms with E-state index in [1.807, 2.05) is 24.3 Å². The number of nitrogens with zero attached hydrogens (tertiary/aromatic N) is 1. The number of rotatable bonds is 2. The molecule has 2 rings (SSSR count). The number of nitrogens with two attached hydrogens (primary N) is 1. The zero-order chi connectivity index (χ0) is 11.5. The van der Waals surface area contributed by atoms with Gasteiger partial charge in [0, 0.05) is 11.8 Å². The van der Waals surface area contributed by atoms with Gasteiger partial charge in [-0.2, -0.15) is 0 Å². The summed E-state index contributed by atoms with van der Waals surface area (Å²) >= 11 is 6.05. The van der Waals surface area contributed by atoms with Gasteiger partial charge in [0.2, 0.25) is 0 Å². The molecule has 0 radical (unpaired) electrons. The van der Waals surface area contributed by atoms with Crippen molar-refractivity contribution in [1.29, 1.82) is 0 Å². The summed E-state index contributed by atoms with van der Waals surface area (Å²) in [6.07, 6.45) is 3.32. The van der Waals surface area contributed by atoms with E-state index in [0.29, 0.717) is 16.5 Å². The number of methoxy groups -OCH3 is 1. The van der Waals surface area contributed by atoms with E-state index < -0.39 is 0 Å². The lowest BCUT2D eigenvalue weighted by Crippen LogP contribution is -1.91. The van der Waals surface area contributed by atoms with Gasteiger partial charge in [0.15, 0.2) is 0 Å². The molecule has 0 spiro atoms. The van der Waals surface area contributed by atoms with Crippen LogP contribution in [0.1, 0.15) is 0 Å². The van der Waals surface area contributed by atoms with Crippen LogP contribution in [-0.4, -0.2) is 12.1 Å². The standard InChI is InChI=1S/C12H11ClN2O/c1-16-12-3-2-8(6-10(12)13)9-4-5-15-7-11(9)14/h2-7H,14H2,1H3. The van der Waals surface area contributed by atoms with Crippen LogP contribution in [0.4, 0.5) is 5.69 Å². The van der Waals surface area contributed by atoms with Crippen molar-refractivity contribution in [2.45, 2.75) is 0 Å². The Kier molecular flexibility index (Phi) is 2.97. The SMILES string of the molecule is COc1ccc(-c2ccncc2N)cc1Cl. The molecule has 3 nitrogen and oxygen atoms in total. The maximum Gasteiger partial charge on any atom is 0.137 e. The lowest BCUT2D eigenvalue weighted by Gasteiger charge is -2.07. The molecular formula is C12H11ClN2O. The van der Waals surface area contributed by atoms with Gasteiger partial charge in [-0.3, -0.25) is 4.98 Å². The van der Waals surface area contributed by atoms with Gasteiger partial charge >= 0.3 is 0 Å². The summed E-state index contributed by atoms with van der Waals surface area (Å²) in [5, 5.41) is 0.566. The maximum absolute atomic E-state index is 6.05. The molecular weight excluding hydrogens is 224 g/mol. The number of hydrogen-bond acceptors (Lipinski definition) is 3. The van der Waals surface area contributed by atoms with E-state index >= 15 is 0 Å². The molecule has 0 saturated heterocycles. The summed E-state index contributed by atoms with van der Waals surface area (Å²) in [6.45, 7) is 0. The van der Waals surface area contributed by atoms with Crippen molar-refractivity contribution in [2.24, 2.45) is 0 Å². The molecule has 0 bridgehead atoms. The first-order chi connectivity index (χ1) is 7.72. The topological polar surface area (TPSA) is 48.1 Å². The van der Waals surface area contributed by atoms with Crippen molar-refractivity contribution in [3.63, 3.8) is 0 Å². The predicted octanol–water partition coefficient (Wildman–Crippen LogP) is 2.99. The van der Waals surface area contributed by atoms with Gasteiger partial charge in [-0.05, 0) is 23.8 Å². The largest absolute Gasteiger partial charge is 0.495 e. The fourth-order valence-electron chi connectivity index (χ4n) is 1.50.